The maximum atomic E-state index is 12.2. The zero-order chi connectivity index (χ0) is 16.4. The first-order chi connectivity index (χ1) is 11.0. The highest BCUT2D eigenvalue weighted by Crippen LogP contribution is 2.19. The number of halogens is 1. The highest BCUT2D eigenvalue weighted by molar-refractivity contribution is 9.10. The van der Waals surface area contributed by atoms with E-state index in [2.05, 4.69) is 31.4 Å². The number of aromatic nitrogens is 2. The summed E-state index contributed by atoms with van der Waals surface area (Å²) in [4.78, 5) is 16.3. The van der Waals surface area contributed by atoms with E-state index < -0.39 is 0 Å². The number of hydrogen-bond acceptors (Lipinski definition) is 5. The number of amides is 1. The number of rotatable bonds is 4. The Balaban J connectivity index is 1.71. The average Bonchev–Trinajstić information content (AvgIpc) is 3.12. The van der Waals surface area contributed by atoms with Gasteiger partial charge in [0.2, 0.25) is 0 Å². The van der Waals surface area contributed by atoms with E-state index in [-0.39, 0.29) is 11.7 Å². The number of furan rings is 1. The second-order valence-electron chi connectivity index (χ2n) is 5.06. The quantitative estimate of drug-likeness (QED) is 0.747. The molecule has 0 unspecified atom stereocenters. The number of pyridine rings is 1. The second kappa shape index (κ2) is 6.37. The first kappa shape index (κ1) is 15.5. The molecule has 3 heterocycles. The van der Waals surface area contributed by atoms with Crippen molar-refractivity contribution in [3.8, 4) is 0 Å². The van der Waals surface area contributed by atoms with Gasteiger partial charge in [-0.1, -0.05) is 5.16 Å². The molecule has 0 aliphatic carbocycles. The fourth-order valence-corrected chi connectivity index (χ4v) is 2.39. The van der Waals surface area contributed by atoms with E-state index in [1.165, 1.54) is 0 Å². The van der Waals surface area contributed by atoms with Crippen molar-refractivity contribution in [1.82, 2.24) is 10.1 Å². The van der Waals surface area contributed by atoms with Crippen molar-refractivity contribution in [3.63, 3.8) is 0 Å². The van der Waals surface area contributed by atoms with Crippen molar-refractivity contribution in [3.05, 3.63) is 63.5 Å². The van der Waals surface area contributed by atoms with Crippen LogP contribution in [0, 0.1) is 13.8 Å². The molecule has 0 atom stereocenters. The summed E-state index contributed by atoms with van der Waals surface area (Å²) >= 11 is 3.29. The summed E-state index contributed by atoms with van der Waals surface area (Å²) in [5.41, 5.74) is 1.80. The summed E-state index contributed by atoms with van der Waals surface area (Å²) in [6.07, 6.45) is 2.14. The third kappa shape index (κ3) is 3.50. The molecule has 7 heteroatoms. The Morgan fingerprint density at radius 1 is 1.26 bits per heavy atom. The van der Waals surface area contributed by atoms with Crippen molar-refractivity contribution in [1.29, 1.82) is 0 Å². The molecule has 1 amide bonds. The SMILES string of the molecule is Cc1noc(C)c1Cc1ccc(C(=O)Nc2ccc(Br)cn2)o1. The van der Waals surface area contributed by atoms with Crippen LogP contribution in [0.15, 0.2) is 43.9 Å². The van der Waals surface area contributed by atoms with Gasteiger partial charge in [0.05, 0.1) is 5.69 Å². The molecule has 0 saturated heterocycles. The molecule has 3 rings (SSSR count). The largest absolute Gasteiger partial charge is 0.456 e. The van der Waals surface area contributed by atoms with Crippen LogP contribution in [0.4, 0.5) is 5.82 Å². The fourth-order valence-electron chi connectivity index (χ4n) is 2.15. The normalized spacial score (nSPS) is 10.7. The smallest absolute Gasteiger partial charge is 0.292 e. The summed E-state index contributed by atoms with van der Waals surface area (Å²) in [5.74, 6) is 1.78. The number of nitrogens with one attached hydrogen (secondary N) is 1. The number of carbonyl (C=O) groups is 1. The van der Waals surface area contributed by atoms with E-state index >= 15 is 0 Å². The molecule has 0 aromatic carbocycles. The van der Waals surface area contributed by atoms with Gasteiger partial charge in [-0.15, -0.1) is 0 Å². The molecule has 118 valence electrons. The van der Waals surface area contributed by atoms with Crippen molar-refractivity contribution < 1.29 is 13.7 Å². The minimum Gasteiger partial charge on any atom is -0.456 e. The third-order valence-electron chi connectivity index (χ3n) is 3.39. The maximum absolute atomic E-state index is 12.2. The summed E-state index contributed by atoms with van der Waals surface area (Å²) < 4.78 is 11.6. The van der Waals surface area contributed by atoms with Gasteiger partial charge < -0.3 is 14.3 Å². The lowest BCUT2D eigenvalue weighted by atomic mass is 10.1. The van der Waals surface area contributed by atoms with E-state index in [0.29, 0.717) is 18.0 Å². The van der Waals surface area contributed by atoms with Crippen LogP contribution in [0.3, 0.4) is 0 Å². The number of hydrogen-bond donors (Lipinski definition) is 1. The molecule has 0 bridgehead atoms. The minimum atomic E-state index is -0.343. The predicted octanol–water partition coefficient (Wildman–Crippen LogP) is 3.89. The molecule has 3 aromatic heterocycles. The van der Waals surface area contributed by atoms with Gasteiger partial charge in [-0.25, -0.2) is 4.98 Å². The van der Waals surface area contributed by atoms with Gasteiger partial charge >= 0.3 is 0 Å². The van der Waals surface area contributed by atoms with E-state index in [4.69, 9.17) is 8.94 Å². The Labute approximate surface area is 141 Å². The lowest BCUT2D eigenvalue weighted by Gasteiger charge is -2.02. The zero-order valence-corrected chi connectivity index (χ0v) is 14.2. The first-order valence-electron chi connectivity index (χ1n) is 6.96. The van der Waals surface area contributed by atoms with Crippen LogP contribution in [0.2, 0.25) is 0 Å². The van der Waals surface area contributed by atoms with Gasteiger partial charge in [-0.05, 0) is 54.0 Å². The summed E-state index contributed by atoms with van der Waals surface area (Å²) in [5, 5.41) is 6.59. The predicted molar refractivity (Wildman–Crippen MR) is 87.4 cm³/mol. The highest BCUT2D eigenvalue weighted by atomic mass is 79.9. The van der Waals surface area contributed by atoms with Gasteiger partial charge in [0, 0.05) is 22.7 Å². The van der Waals surface area contributed by atoms with Crippen molar-refractivity contribution in [2.45, 2.75) is 20.3 Å². The molecule has 0 spiro atoms. The maximum Gasteiger partial charge on any atom is 0.292 e. The molecule has 0 aliphatic rings. The lowest BCUT2D eigenvalue weighted by molar-refractivity contribution is 0.0994. The Morgan fingerprint density at radius 2 is 2.09 bits per heavy atom. The Hall–Kier alpha value is -2.41. The Bertz CT molecular complexity index is 817. The molecule has 1 N–H and O–H groups in total. The van der Waals surface area contributed by atoms with Crippen molar-refractivity contribution in [2.75, 3.05) is 5.32 Å². The Morgan fingerprint density at radius 3 is 2.74 bits per heavy atom. The molecule has 0 aliphatic heterocycles. The van der Waals surface area contributed by atoms with E-state index in [1.54, 1.807) is 30.5 Å². The summed E-state index contributed by atoms with van der Waals surface area (Å²) in [7, 11) is 0. The molecular formula is C16H14BrN3O3. The van der Waals surface area contributed by atoms with Crippen molar-refractivity contribution >= 4 is 27.7 Å². The molecule has 0 radical (unpaired) electrons. The van der Waals surface area contributed by atoms with E-state index in [1.807, 2.05) is 13.8 Å². The van der Waals surface area contributed by atoms with Gasteiger partial charge in [0.15, 0.2) is 5.76 Å². The zero-order valence-electron chi connectivity index (χ0n) is 12.6. The van der Waals surface area contributed by atoms with Crippen LogP contribution < -0.4 is 5.32 Å². The Kier molecular flexibility index (Phi) is 4.29. The monoisotopic (exact) mass is 375 g/mol. The molecule has 3 aromatic rings. The van der Waals surface area contributed by atoms with Crippen LogP contribution in [-0.2, 0) is 6.42 Å². The van der Waals surface area contributed by atoms with Crippen LogP contribution in [-0.4, -0.2) is 16.0 Å². The molecular weight excluding hydrogens is 362 g/mol. The highest BCUT2D eigenvalue weighted by Gasteiger charge is 2.15. The van der Waals surface area contributed by atoms with Gasteiger partial charge in [-0.3, -0.25) is 4.79 Å². The second-order valence-corrected chi connectivity index (χ2v) is 5.98. The standard InChI is InChI=1S/C16H14BrN3O3/c1-9-13(10(2)23-20-9)7-12-4-5-14(22-12)16(21)19-15-6-3-11(17)8-18-15/h3-6,8H,7H2,1-2H3,(H,18,19,21). The number of anilines is 1. The van der Waals surface area contributed by atoms with E-state index in [9.17, 15) is 4.79 Å². The van der Waals surface area contributed by atoms with Crippen LogP contribution in [0.1, 0.15) is 33.3 Å². The van der Waals surface area contributed by atoms with Gasteiger partial charge in [0.1, 0.15) is 17.3 Å². The molecule has 6 nitrogen and oxygen atoms in total. The first-order valence-corrected chi connectivity index (χ1v) is 7.75. The summed E-state index contributed by atoms with van der Waals surface area (Å²) in [6, 6.07) is 6.92. The third-order valence-corrected chi connectivity index (χ3v) is 3.86. The van der Waals surface area contributed by atoms with Crippen LogP contribution in [0.5, 0.6) is 0 Å². The van der Waals surface area contributed by atoms with Crippen molar-refractivity contribution in [2.24, 2.45) is 0 Å². The topological polar surface area (TPSA) is 81.2 Å². The van der Waals surface area contributed by atoms with Gasteiger partial charge in [-0.2, -0.15) is 0 Å². The van der Waals surface area contributed by atoms with Gasteiger partial charge in [0.25, 0.3) is 5.91 Å². The molecule has 0 fully saturated rings. The fraction of sp³-hybridized carbons (Fsp3) is 0.188. The minimum absolute atomic E-state index is 0.233. The number of nitrogens with zero attached hydrogens (tertiary/aromatic N) is 2. The van der Waals surface area contributed by atoms with Crippen LogP contribution in [0.25, 0.3) is 0 Å². The van der Waals surface area contributed by atoms with E-state index in [0.717, 1.165) is 21.5 Å². The molecule has 0 saturated carbocycles. The molecule has 23 heavy (non-hydrogen) atoms. The average molecular weight is 376 g/mol. The summed E-state index contributed by atoms with van der Waals surface area (Å²) in [6.45, 7) is 3.73. The lowest BCUT2D eigenvalue weighted by Crippen LogP contribution is -2.11. The number of aryl methyl sites for hydroxylation is 2. The number of carbonyl (C=O) groups excluding carboxylic acids is 1. The van der Waals surface area contributed by atoms with Crippen LogP contribution >= 0.6 is 15.9 Å².